The average Bonchev–Trinajstić information content (AvgIpc) is 2.99. The summed E-state index contributed by atoms with van der Waals surface area (Å²) in [5, 5.41) is 2.73. The van der Waals surface area contributed by atoms with Crippen LogP contribution in [-0.2, 0) is 19.6 Å². The molecule has 0 aliphatic carbocycles. The van der Waals surface area contributed by atoms with Crippen molar-refractivity contribution in [1.29, 1.82) is 0 Å². The highest BCUT2D eigenvalue weighted by atomic mass is 32.2. The molecule has 1 heterocycles. The Morgan fingerprint density at radius 1 is 1.29 bits per heavy atom. The molecular formula is C16H25N3O4S. The minimum absolute atomic E-state index is 0.133. The van der Waals surface area contributed by atoms with Crippen molar-refractivity contribution in [1.82, 2.24) is 4.31 Å². The summed E-state index contributed by atoms with van der Waals surface area (Å²) < 4.78 is 30.5. The predicted octanol–water partition coefficient (Wildman–Crippen LogP) is 1.13. The molecule has 0 spiro atoms. The van der Waals surface area contributed by atoms with Crippen molar-refractivity contribution in [3.05, 3.63) is 24.3 Å². The molecule has 1 unspecified atom stereocenters. The first-order chi connectivity index (χ1) is 11.3. The number of anilines is 2. The van der Waals surface area contributed by atoms with E-state index < -0.39 is 10.0 Å². The average molecular weight is 355 g/mol. The van der Waals surface area contributed by atoms with Gasteiger partial charge >= 0.3 is 0 Å². The summed E-state index contributed by atoms with van der Waals surface area (Å²) in [7, 11) is 0.395. The van der Waals surface area contributed by atoms with Crippen LogP contribution in [0.15, 0.2) is 24.3 Å². The Morgan fingerprint density at radius 3 is 2.46 bits per heavy atom. The third kappa shape index (κ3) is 5.47. The maximum atomic E-state index is 12.2. The van der Waals surface area contributed by atoms with Gasteiger partial charge in [0.2, 0.25) is 15.9 Å². The van der Waals surface area contributed by atoms with Gasteiger partial charge in [0.05, 0.1) is 18.9 Å². The van der Waals surface area contributed by atoms with E-state index in [1.165, 1.54) is 4.31 Å². The second-order valence-corrected chi connectivity index (χ2v) is 8.16. The molecule has 1 aromatic carbocycles. The van der Waals surface area contributed by atoms with Crippen molar-refractivity contribution >= 4 is 27.3 Å². The lowest BCUT2D eigenvalue weighted by atomic mass is 10.2. The van der Waals surface area contributed by atoms with E-state index in [0.717, 1.165) is 24.8 Å². The lowest BCUT2D eigenvalue weighted by Gasteiger charge is -2.22. The topological polar surface area (TPSA) is 79.0 Å². The number of nitrogens with one attached hydrogen (secondary N) is 1. The normalized spacial score (nSPS) is 17.9. The second-order valence-electron chi connectivity index (χ2n) is 6.18. The zero-order valence-electron chi connectivity index (χ0n) is 14.4. The molecule has 0 radical (unpaired) electrons. The van der Waals surface area contributed by atoms with Crippen LogP contribution < -0.4 is 10.2 Å². The maximum absolute atomic E-state index is 12.2. The van der Waals surface area contributed by atoms with Crippen molar-refractivity contribution in [2.45, 2.75) is 18.9 Å². The van der Waals surface area contributed by atoms with Gasteiger partial charge in [-0.3, -0.25) is 4.79 Å². The number of carbonyl (C=O) groups is 1. The van der Waals surface area contributed by atoms with E-state index in [9.17, 15) is 13.2 Å². The van der Waals surface area contributed by atoms with Gasteiger partial charge in [-0.2, -0.15) is 4.31 Å². The number of hydrogen-bond acceptors (Lipinski definition) is 5. The molecule has 1 atom stereocenters. The number of hydrogen-bond donors (Lipinski definition) is 1. The lowest BCUT2D eigenvalue weighted by molar-refractivity contribution is -0.116. The van der Waals surface area contributed by atoms with Crippen LogP contribution in [-0.4, -0.2) is 64.8 Å². The predicted molar refractivity (Wildman–Crippen MR) is 94.8 cm³/mol. The number of sulfonamides is 1. The van der Waals surface area contributed by atoms with Gasteiger partial charge in [0.25, 0.3) is 0 Å². The smallest absolute Gasteiger partial charge is 0.239 e. The highest BCUT2D eigenvalue weighted by molar-refractivity contribution is 7.88. The molecule has 1 N–H and O–H groups in total. The first-order valence-corrected chi connectivity index (χ1v) is 9.74. The van der Waals surface area contributed by atoms with Crippen molar-refractivity contribution < 1.29 is 17.9 Å². The molecule has 1 aromatic rings. The fourth-order valence-electron chi connectivity index (χ4n) is 2.54. The summed E-state index contributed by atoms with van der Waals surface area (Å²) >= 11 is 0. The van der Waals surface area contributed by atoms with Crippen molar-refractivity contribution in [2.24, 2.45) is 0 Å². The fourth-order valence-corrected chi connectivity index (χ4v) is 3.33. The molecule has 1 aliphatic heterocycles. The number of ether oxygens (including phenoxy) is 1. The highest BCUT2D eigenvalue weighted by Gasteiger charge is 2.26. The summed E-state index contributed by atoms with van der Waals surface area (Å²) in [6.45, 7) is 0.645. The summed E-state index contributed by atoms with van der Waals surface area (Å²) in [5.41, 5.74) is 1.65. The highest BCUT2D eigenvalue weighted by Crippen LogP contribution is 2.17. The van der Waals surface area contributed by atoms with Gasteiger partial charge in [0, 0.05) is 38.6 Å². The van der Waals surface area contributed by atoms with E-state index in [0.29, 0.717) is 12.3 Å². The largest absolute Gasteiger partial charge is 0.378 e. The van der Waals surface area contributed by atoms with E-state index in [-0.39, 0.29) is 25.1 Å². The number of rotatable bonds is 7. The van der Waals surface area contributed by atoms with E-state index in [1.807, 2.05) is 31.1 Å². The molecule has 2 rings (SSSR count). The minimum atomic E-state index is -3.47. The molecule has 0 bridgehead atoms. The zero-order valence-corrected chi connectivity index (χ0v) is 15.2. The van der Waals surface area contributed by atoms with Gasteiger partial charge in [-0.1, -0.05) is 0 Å². The van der Waals surface area contributed by atoms with Crippen LogP contribution >= 0.6 is 0 Å². The zero-order chi connectivity index (χ0) is 17.7. The Bertz CT molecular complexity index is 652. The monoisotopic (exact) mass is 355 g/mol. The molecule has 1 fully saturated rings. The first-order valence-electron chi connectivity index (χ1n) is 7.89. The fraction of sp³-hybridized carbons (Fsp3) is 0.562. The summed E-state index contributed by atoms with van der Waals surface area (Å²) in [4.78, 5) is 14.2. The lowest BCUT2D eigenvalue weighted by Crippen LogP contribution is -2.41. The van der Waals surface area contributed by atoms with Gasteiger partial charge in [0.1, 0.15) is 0 Å². The Morgan fingerprint density at radius 2 is 1.96 bits per heavy atom. The molecule has 0 saturated carbocycles. The van der Waals surface area contributed by atoms with Crippen LogP contribution in [0.25, 0.3) is 0 Å². The van der Waals surface area contributed by atoms with Gasteiger partial charge in [-0.05, 0) is 37.1 Å². The summed E-state index contributed by atoms with van der Waals surface area (Å²) in [6.07, 6.45) is 2.72. The molecule has 1 aliphatic rings. The van der Waals surface area contributed by atoms with Crippen molar-refractivity contribution in [2.75, 3.05) is 50.3 Å². The van der Waals surface area contributed by atoms with Crippen LogP contribution in [0.1, 0.15) is 12.8 Å². The summed E-state index contributed by atoms with van der Waals surface area (Å²) in [6, 6.07) is 7.35. The Hall–Kier alpha value is -1.64. The van der Waals surface area contributed by atoms with Crippen LogP contribution in [0.5, 0.6) is 0 Å². The van der Waals surface area contributed by atoms with Crippen molar-refractivity contribution in [3.8, 4) is 0 Å². The van der Waals surface area contributed by atoms with Gasteiger partial charge in [-0.25, -0.2) is 8.42 Å². The van der Waals surface area contributed by atoms with Gasteiger partial charge in [0.15, 0.2) is 0 Å². The molecule has 7 nitrogen and oxygen atoms in total. The quantitative estimate of drug-likeness (QED) is 0.793. The van der Waals surface area contributed by atoms with Crippen molar-refractivity contribution in [3.63, 3.8) is 0 Å². The molecular weight excluding hydrogens is 330 g/mol. The molecule has 134 valence electrons. The van der Waals surface area contributed by atoms with E-state index in [1.54, 1.807) is 12.1 Å². The van der Waals surface area contributed by atoms with E-state index in [2.05, 4.69) is 5.32 Å². The molecule has 0 aromatic heterocycles. The number of nitrogens with zero attached hydrogens (tertiary/aromatic N) is 2. The number of amides is 1. The molecule has 1 saturated heterocycles. The SMILES string of the molecule is CN(C)c1ccc(NC(=O)CN(CC2CCCO2)S(C)(=O)=O)cc1. The van der Waals surface area contributed by atoms with Gasteiger partial charge < -0.3 is 15.0 Å². The third-order valence-electron chi connectivity index (χ3n) is 3.89. The van der Waals surface area contributed by atoms with E-state index >= 15 is 0 Å². The Labute approximate surface area is 143 Å². The number of carbonyl (C=O) groups excluding carboxylic acids is 1. The van der Waals surface area contributed by atoms with Crippen LogP contribution in [0.3, 0.4) is 0 Å². The Balaban J connectivity index is 1.96. The van der Waals surface area contributed by atoms with Gasteiger partial charge in [-0.15, -0.1) is 0 Å². The molecule has 8 heteroatoms. The second kappa shape index (κ2) is 7.96. The Kier molecular flexibility index (Phi) is 6.20. The van der Waals surface area contributed by atoms with Crippen LogP contribution in [0.2, 0.25) is 0 Å². The standard InChI is InChI=1S/C16H25N3O4S/c1-18(2)14-8-6-13(7-9-14)17-16(20)12-19(24(3,21)22)11-15-5-4-10-23-15/h6-9,15H,4-5,10-12H2,1-3H3,(H,17,20). The summed E-state index contributed by atoms with van der Waals surface area (Å²) in [5.74, 6) is -0.365. The molecule has 1 amide bonds. The van der Waals surface area contributed by atoms with Crippen LogP contribution in [0, 0.1) is 0 Å². The van der Waals surface area contributed by atoms with Crippen LogP contribution in [0.4, 0.5) is 11.4 Å². The number of benzene rings is 1. The third-order valence-corrected chi connectivity index (χ3v) is 5.10. The maximum Gasteiger partial charge on any atom is 0.239 e. The molecule has 24 heavy (non-hydrogen) atoms. The minimum Gasteiger partial charge on any atom is -0.378 e. The van der Waals surface area contributed by atoms with E-state index in [4.69, 9.17) is 4.74 Å². The first kappa shape index (κ1) is 18.7.